The predicted octanol–water partition coefficient (Wildman–Crippen LogP) is 3.21. The summed E-state index contributed by atoms with van der Waals surface area (Å²) in [6.07, 6.45) is 0.842. The van der Waals surface area contributed by atoms with Gasteiger partial charge in [-0.2, -0.15) is 0 Å². The second kappa shape index (κ2) is 9.00. The molecule has 182 valence electrons. The van der Waals surface area contributed by atoms with Crippen molar-refractivity contribution < 1.29 is 28.8 Å². The normalized spacial score (nSPS) is 21.3. The molecule has 10 nitrogen and oxygen atoms in total. The van der Waals surface area contributed by atoms with Crippen LogP contribution in [-0.4, -0.2) is 46.7 Å². The molecule has 2 atom stereocenters. The van der Waals surface area contributed by atoms with Gasteiger partial charge in [0.15, 0.2) is 0 Å². The fraction of sp³-hybridized carbons (Fsp3) is 0.500. The van der Waals surface area contributed by atoms with Crippen LogP contribution in [0.4, 0.5) is 5.69 Å². The summed E-state index contributed by atoms with van der Waals surface area (Å²) in [4.78, 5) is 54.3. The fourth-order valence-corrected chi connectivity index (χ4v) is 4.12. The number of methoxy groups -OCH3 is 1. The number of esters is 2. The van der Waals surface area contributed by atoms with Crippen LogP contribution < -0.4 is 5.32 Å². The van der Waals surface area contributed by atoms with E-state index in [9.17, 15) is 24.5 Å². The molecule has 1 aromatic rings. The zero-order chi connectivity index (χ0) is 25.4. The van der Waals surface area contributed by atoms with E-state index in [1.807, 2.05) is 0 Å². The Bertz CT molecular complexity index is 1110. The van der Waals surface area contributed by atoms with Crippen LogP contribution >= 0.6 is 0 Å². The molecule has 0 aromatic heterocycles. The second-order valence-corrected chi connectivity index (χ2v) is 9.62. The van der Waals surface area contributed by atoms with Gasteiger partial charge < -0.3 is 14.8 Å². The standard InChI is InChI=1S/C24H29N3O7/c1-13-17(20(28)26-24(10-11-24)22(30)34-23(3,4)5)19(18(14(2)25-13)21(29)33-6)15-8-7-9-16(12-15)27(31)32/h7-9,12,18-19H,10-11H2,1-6H3,(H,26,28). The van der Waals surface area contributed by atoms with E-state index in [-0.39, 0.29) is 11.3 Å². The average Bonchev–Trinajstić information content (AvgIpc) is 3.52. The van der Waals surface area contributed by atoms with E-state index < -0.39 is 45.7 Å². The van der Waals surface area contributed by atoms with Gasteiger partial charge in [-0.25, -0.2) is 4.79 Å². The summed E-state index contributed by atoms with van der Waals surface area (Å²) in [6.45, 7) is 8.50. The van der Waals surface area contributed by atoms with E-state index in [0.717, 1.165) is 0 Å². The van der Waals surface area contributed by atoms with Crippen LogP contribution in [0.1, 0.15) is 58.9 Å². The van der Waals surface area contributed by atoms with Crippen molar-refractivity contribution in [2.75, 3.05) is 7.11 Å². The summed E-state index contributed by atoms with van der Waals surface area (Å²) in [7, 11) is 1.23. The quantitative estimate of drug-likeness (QED) is 0.382. The van der Waals surface area contributed by atoms with Crippen LogP contribution in [-0.2, 0) is 23.9 Å². The number of amides is 1. The lowest BCUT2D eigenvalue weighted by molar-refractivity contribution is -0.384. The number of carbonyl (C=O) groups is 3. The van der Waals surface area contributed by atoms with Crippen molar-refractivity contribution in [2.24, 2.45) is 10.9 Å². The molecule has 0 radical (unpaired) electrons. The van der Waals surface area contributed by atoms with Gasteiger partial charge in [0.2, 0.25) is 0 Å². The van der Waals surface area contributed by atoms with Crippen molar-refractivity contribution in [2.45, 2.75) is 64.5 Å². The number of nitro groups is 1. The van der Waals surface area contributed by atoms with Crippen molar-refractivity contribution in [3.63, 3.8) is 0 Å². The number of nitro benzene ring substituents is 1. The van der Waals surface area contributed by atoms with Crippen molar-refractivity contribution in [3.8, 4) is 0 Å². The molecule has 2 unspecified atom stereocenters. The summed E-state index contributed by atoms with van der Waals surface area (Å²) in [5, 5.41) is 14.2. The van der Waals surface area contributed by atoms with Crippen molar-refractivity contribution in [1.29, 1.82) is 0 Å². The number of hydrogen-bond donors (Lipinski definition) is 1. The average molecular weight is 472 g/mol. The van der Waals surface area contributed by atoms with Crippen molar-refractivity contribution >= 4 is 29.2 Å². The summed E-state index contributed by atoms with van der Waals surface area (Å²) in [6, 6.07) is 5.78. The summed E-state index contributed by atoms with van der Waals surface area (Å²) in [5.74, 6) is -3.59. The minimum Gasteiger partial charge on any atom is -0.468 e. The first-order chi connectivity index (χ1) is 15.8. The third-order valence-electron chi connectivity index (χ3n) is 5.86. The highest BCUT2D eigenvalue weighted by Gasteiger charge is 2.55. The Kier molecular flexibility index (Phi) is 6.64. The summed E-state index contributed by atoms with van der Waals surface area (Å²) in [5.41, 5.74) is -0.729. The SMILES string of the molecule is COC(=O)C1C(C)=NC(C)=C(C(=O)NC2(C(=O)OC(C)(C)C)CC2)C1c1cccc([N+](=O)[O-])c1. The lowest BCUT2D eigenvalue weighted by Crippen LogP contribution is -2.48. The first kappa shape index (κ1) is 25.1. The zero-order valence-corrected chi connectivity index (χ0v) is 20.1. The third kappa shape index (κ3) is 5.00. The molecule has 1 heterocycles. The van der Waals surface area contributed by atoms with Gasteiger partial charge in [-0.3, -0.25) is 24.7 Å². The van der Waals surface area contributed by atoms with Crippen LogP contribution in [0.2, 0.25) is 0 Å². The Morgan fingerprint density at radius 3 is 2.38 bits per heavy atom. The van der Waals surface area contributed by atoms with Crippen LogP contribution in [0.15, 0.2) is 40.5 Å². The van der Waals surface area contributed by atoms with E-state index in [4.69, 9.17) is 9.47 Å². The molecular weight excluding hydrogens is 442 g/mol. The van der Waals surface area contributed by atoms with Crippen LogP contribution in [0, 0.1) is 16.0 Å². The smallest absolute Gasteiger partial charge is 0.332 e. The number of benzene rings is 1. The maximum absolute atomic E-state index is 13.6. The summed E-state index contributed by atoms with van der Waals surface area (Å²) >= 11 is 0. The fourth-order valence-electron chi connectivity index (χ4n) is 4.12. The first-order valence-electron chi connectivity index (χ1n) is 10.9. The van der Waals surface area contributed by atoms with E-state index >= 15 is 0 Å². The highest BCUT2D eigenvalue weighted by atomic mass is 16.6. The lowest BCUT2D eigenvalue weighted by atomic mass is 9.75. The van der Waals surface area contributed by atoms with Gasteiger partial charge in [-0.1, -0.05) is 12.1 Å². The van der Waals surface area contributed by atoms with E-state index in [1.165, 1.54) is 25.3 Å². The molecule has 1 saturated carbocycles. The Morgan fingerprint density at radius 2 is 1.85 bits per heavy atom. The molecule has 1 aliphatic carbocycles. The van der Waals surface area contributed by atoms with Gasteiger partial charge in [0.05, 0.1) is 12.0 Å². The maximum Gasteiger partial charge on any atom is 0.332 e. The molecule has 1 amide bonds. The molecular formula is C24H29N3O7. The number of hydrogen-bond acceptors (Lipinski definition) is 8. The molecule has 0 saturated heterocycles. The molecule has 0 spiro atoms. The molecule has 34 heavy (non-hydrogen) atoms. The predicted molar refractivity (Wildman–Crippen MR) is 123 cm³/mol. The molecule has 1 aromatic carbocycles. The van der Waals surface area contributed by atoms with Gasteiger partial charge in [-0.05, 0) is 53.0 Å². The third-order valence-corrected chi connectivity index (χ3v) is 5.86. The number of ether oxygens (including phenoxy) is 2. The zero-order valence-electron chi connectivity index (χ0n) is 20.1. The van der Waals surface area contributed by atoms with E-state index in [0.29, 0.717) is 29.8 Å². The van der Waals surface area contributed by atoms with E-state index in [1.54, 1.807) is 40.7 Å². The van der Waals surface area contributed by atoms with Gasteiger partial charge >= 0.3 is 11.9 Å². The molecule has 1 N–H and O–H groups in total. The van der Waals surface area contributed by atoms with Crippen LogP contribution in [0.3, 0.4) is 0 Å². The molecule has 1 fully saturated rings. The highest BCUT2D eigenvalue weighted by Crippen LogP contribution is 2.43. The minimum atomic E-state index is -1.15. The number of non-ortho nitro benzene ring substituents is 1. The van der Waals surface area contributed by atoms with Crippen molar-refractivity contribution in [1.82, 2.24) is 5.32 Å². The molecule has 10 heteroatoms. The molecule has 2 aliphatic rings. The Labute approximate surface area is 197 Å². The molecule has 3 rings (SSSR count). The van der Waals surface area contributed by atoms with Crippen LogP contribution in [0.5, 0.6) is 0 Å². The highest BCUT2D eigenvalue weighted by molar-refractivity contribution is 6.08. The van der Waals surface area contributed by atoms with Gasteiger partial charge in [0, 0.05) is 35.0 Å². The first-order valence-corrected chi connectivity index (χ1v) is 10.9. The Morgan fingerprint density at radius 1 is 1.21 bits per heavy atom. The Hall–Kier alpha value is -3.56. The number of aliphatic imine (C=N–C) groups is 1. The topological polar surface area (TPSA) is 137 Å². The molecule has 1 aliphatic heterocycles. The van der Waals surface area contributed by atoms with Gasteiger partial charge in [-0.15, -0.1) is 0 Å². The van der Waals surface area contributed by atoms with Crippen LogP contribution in [0.25, 0.3) is 0 Å². The van der Waals surface area contributed by atoms with Crippen molar-refractivity contribution in [3.05, 3.63) is 51.2 Å². The summed E-state index contributed by atoms with van der Waals surface area (Å²) < 4.78 is 10.5. The second-order valence-electron chi connectivity index (χ2n) is 9.62. The van der Waals surface area contributed by atoms with Gasteiger partial charge in [0.25, 0.3) is 11.6 Å². The number of carbonyl (C=O) groups excluding carboxylic acids is 3. The van der Waals surface area contributed by atoms with E-state index in [2.05, 4.69) is 10.3 Å². The molecule has 0 bridgehead atoms. The Balaban J connectivity index is 2.05. The van der Waals surface area contributed by atoms with Gasteiger partial charge in [0.1, 0.15) is 17.1 Å². The minimum absolute atomic E-state index is 0.149. The number of allylic oxidation sites excluding steroid dienone is 1. The largest absolute Gasteiger partial charge is 0.468 e. The maximum atomic E-state index is 13.6. The number of nitrogens with one attached hydrogen (secondary N) is 1. The number of nitrogens with zero attached hydrogens (tertiary/aromatic N) is 2. The monoisotopic (exact) mass is 471 g/mol. The lowest BCUT2D eigenvalue weighted by Gasteiger charge is -2.32. The number of rotatable bonds is 6.